The molecule has 0 saturated heterocycles. The number of nitrogens with zero attached hydrogens (tertiary/aromatic N) is 3. The molecule has 0 spiro atoms. The molecule has 2 aromatic heterocycles. The van der Waals surface area contributed by atoms with Gasteiger partial charge in [-0.3, -0.25) is 9.20 Å². The molecule has 0 N–H and O–H groups in total. The Morgan fingerprint density at radius 1 is 1.18 bits per heavy atom. The van der Waals surface area contributed by atoms with E-state index in [1.807, 2.05) is 35.7 Å². The van der Waals surface area contributed by atoms with E-state index in [4.69, 9.17) is 4.74 Å². The summed E-state index contributed by atoms with van der Waals surface area (Å²) in [7, 11) is 1.60. The van der Waals surface area contributed by atoms with Crippen molar-refractivity contribution in [3.63, 3.8) is 0 Å². The van der Waals surface area contributed by atoms with E-state index in [0.717, 1.165) is 11.4 Å². The lowest BCUT2D eigenvalue weighted by molar-refractivity contribution is 0.0994. The predicted octanol–water partition coefficient (Wildman–Crippen LogP) is 3.10. The molecule has 6 heteroatoms. The fourth-order valence-corrected chi connectivity index (χ4v) is 3.02. The summed E-state index contributed by atoms with van der Waals surface area (Å²) in [6, 6.07) is 12.8. The molecule has 5 nitrogen and oxygen atoms in total. The second-order valence-corrected chi connectivity index (χ2v) is 6.07. The Balaban J connectivity index is 1.78. The van der Waals surface area contributed by atoms with Crippen LogP contribution >= 0.6 is 11.8 Å². The van der Waals surface area contributed by atoms with Crippen molar-refractivity contribution in [1.29, 1.82) is 0 Å². The second kappa shape index (κ2) is 6.19. The molecule has 1 unspecified atom stereocenters. The summed E-state index contributed by atoms with van der Waals surface area (Å²) in [5.74, 6) is 0.792. The van der Waals surface area contributed by atoms with E-state index in [1.54, 1.807) is 31.4 Å². The minimum atomic E-state index is -0.249. The Kier molecular flexibility index (Phi) is 4.11. The maximum absolute atomic E-state index is 12.5. The van der Waals surface area contributed by atoms with Crippen LogP contribution in [0.25, 0.3) is 5.65 Å². The van der Waals surface area contributed by atoms with E-state index in [1.165, 1.54) is 11.8 Å². The highest BCUT2D eigenvalue weighted by Crippen LogP contribution is 2.25. The average Bonchev–Trinajstić information content (AvgIpc) is 2.97. The van der Waals surface area contributed by atoms with Gasteiger partial charge in [0.1, 0.15) is 5.75 Å². The van der Waals surface area contributed by atoms with Crippen LogP contribution in [-0.2, 0) is 0 Å². The maximum atomic E-state index is 12.5. The van der Waals surface area contributed by atoms with Gasteiger partial charge in [-0.1, -0.05) is 17.8 Å². The summed E-state index contributed by atoms with van der Waals surface area (Å²) >= 11 is 1.40. The van der Waals surface area contributed by atoms with Gasteiger partial charge in [0.15, 0.2) is 16.6 Å². The highest BCUT2D eigenvalue weighted by molar-refractivity contribution is 8.00. The summed E-state index contributed by atoms with van der Waals surface area (Å²) in [5.41, 5.74) is 1.43. The van der Waals surface area contributed by atoms with Crippen LogP contribution in [-0.4, -0.2) is 32.7 Å². The number of aromatic nitrogens is 3. The Morgan fingerprint density at radius 3 is 2.68 bits per heavy atom. The van der Waals surface area contributed by atoms with Crippen molar-refractivity contribution in [3.05, 3.63) is 54.2 Å². The molecular formula is C16H15N3O2S. The van der Waals surface area contributed by atoms with E-state index in [9.17, 15) is 4.79 Å². The first-order valence-electron chi connectivity index (χ1n) is 6.84. The monoisotopic (exact) mass is 313 g/mol. The van der Waals surface area contributed by atoms with Crippen molar-refractivity contribution in [2.75, 3.05) is 7.11 Å². The molecule has 22 heavy (non-hydrogen) atoms. The maximum Gasteiger partial charge on any atom is 0.196 e. The first-order chi connectivity index (χ1) is 10.7. The molecule has 0 amide bonds. The zero-order valence-corrected chi connectivity index (χ0v) is 13.1. The molecule has 0 radical (unpaired) electrons. The molecule has 0 aliphatic rings. The molecule has 0 aliphatic carbocycles. The summed E-state index contributed by atoms with van der Waals surface area (Å²) in [4.78, 5) is 12.5. The van der Waals surface area contributed by atoms with Gasteiger partial charge < -0.3 is 4.74 Å². The number of benzene rings is 1. The van der Waals surface area contributed by atoms with Gasteiger partial charge >= 0.3 is 0 Å². The molecule has 112 valence electrons. The van der Waals surface area contributed by atoms with E-state index < -0.39 is 0 Å². The van der Waals surface area contributed by atoms with Crippen molar-refractivity contribution in [2.45, 2.75) is 17.3 Å². The molecule has 3 rings (SSSR count). The number of pyridine rings is 1. The summed E-state index contributed by atoms with van der Waals surface area (Å²) in [6.07, 6.45) is 1.89. The highest BCUT2D eigenvalue weighted by Gasteiger charge is 2.19. The summed E-state index contributed by atoms with van der Waals surface area (Å²) in [6.45, 7) is 1.88. The van der Waals surface area contributed by atoms with Crippen LogP contribution in [0.15, 0.2) is 53.8 Å². The highest BCUT2D eigenvalue weighted by atomic mass is 32.2. The first-order valence-corrected chi connectivity index (χ1v) is 7.71. The Morgan fingerprint density at radius 2 is 1.95 bits per heavy atom. The number of methoxy groups -OCH3 is 1. The van der Waals surface area contributed by atoms with Gasteiger partial charge in [0, 0.05) is 11.8 Å². The van der Waals surface area contributed by atoms with Crippen LogP contribution in [0, 0.1) is 0 Å². The van der Waals surface area contributed by atoms with Gasteiger partial charge in [0.05, 0.1) is 12.4 Å². The van der Waals surface area contributed by atoms with Crippen LogP contribution < -0.4 is 4.74 Å². The Bertz CT molecular complexity index is 799. The largest absolute Gasteiger partial charge is 0.497 e. The van der Waals surface area contributed by atoms with Crippen LogP contribution in [0.3, 0.4) is 0 Å². The van der Waals surface area contributed by atoms with Crippen LogP contribution in [0.5, 0.6) is 5.75 Å². The standard InChI is InChI=1S/C16H15N3O2S/c1-11(15(20)12-6-8-13(21-2)9-7-12)22-16-18-17-14-5-3-4-10-19(14)16/h3-11H,1-2H3. The quantitative estimate of drug-likeness (QED) is 0.535. The lowest BCUT2D eigenvalue weighted by Crippen LogP contribution is -2.14. The lowest BCUT2D eigenvalue weighted by Gasteiger charge is -2.09. The van der Waals surface area contributed by atoms with E-state index >= 15 is 0 Å². The lowest BCUT2D eigenvalue weighted by atomic mass is 10.1. The van der Waals surface area contributed by atoms with Crippen molar-refractivity contribution < 1.29 is 9.53 Å². The minimum absolute atomic E-state index is 0.0559. The average molecular weight is 313 g/mol. The van der Waals surface area contributed by atoms with Gasteiger partial charge in [-0.2, -0.15) is 0 Å². The Hall–Kier alpha value is -2.34. The van der Waals surface area contributed by atoms with Gasteiger partial charge in [0.25, 0.3) is 0 Å². The topological polar surface area (TPSA) is 56.5 Å². The van der Waals surface area contributed by atoms with Crippen molar-refractivity contribution in [3.8, 4) is 5.75 Å². The molecule has 0 bridgehead atoms. The SMILES string of the molecule is COc1ccc(C(=O)C(C)Sc2nnc3ccccn23)cc1. The molecule has 0 aliphatic heterocycles. The second-order valence-electron chi connectivity index (χ2n) is 4.76. The third-order valence-electron chi connectivity index (χ3n) is 3.31. The predicted molar refractivity (Wildman–Crippen MR) is 85.6 cm³/mol. The van der Waals surface area contributed by atoms with E-state index in [2.05, 4.69) is 10.2 Å². The molecule has 1 aromatic carbocycles. The van der Waals surface area contributed by atoms with Crippen LogP contribution in [0.1, 0.15) is 17.3 Å². The van der Waals surface area contributed by atoms with Gasteiger partial charge in [-0.25, -0.2) is 0 Å². The van der Waals surface area contributed by atoms with Crippen LogP contribution in [0.2, 0.25) is 0 Å². The number of thioether (sulfide) groups is 1. The number of hydrogen-bond donors (Lipinski definition) is 0. The third kappa shape index (κ3) is 2.82. The van der Waals surface area contributed by atoms with Crippen molar-refractivity contribution in [1.82, 2.24) is 14.6 Å². The summed E-state index contributed by atoms with van der Waals surface area (Å²) < 4.78 is 6.98. The first kappa shape index (κ1) is 14.6. The number of ketones is 1. The van der Waals surface area contributed by atoms with Crippen molar-refractivity contribution in [2.24, 2.45) is 0 Å². The molecule has 3 aromatic rings. The van der Waals surface area contributed by atoms with E-state index in [0.29, 0.717) is 10.7 Å². The number of rotatable bonds is 5. The molecule has 0 fully saturated rings. The number of carbonyl (C=O) groups is 1. The van der Waals surface area contributed by atoms with Crippen LogP contribution in [0.4, 0.5) is 0 Å². The number of ether oxygens (including phenoxy) is 1. The zero-order chi connectivity index (χ0) is 15.5. The number of carbonyl (C=O) groups excluding carboxylic acids is 1. The fourth-order valence-electron chi connectivity index (χ4n) is 2.10. The van der Waals surface area contributed by atoms with E-state index in [-0.39, 0.29) is 11.0 Å². The minimum Gasteiger partial charge on any atom is -0.497 e. The Labute approximate surface area is 132 Å². The number of fused-ring (bicyclic) bond motifs is 1. The van der Waals surface area contributed by atoms with Gasteiger partial charge in [-0.05, 0) is 43.3 Å². The molecule has 1 atom stereocenters. The smallest absolute Gasteiger partial charge is 0.196 e. The molecule has 0 saturated carbocycles. The third-order valence-corrected chi connectivity index (χ3v) is 4.37. The molecule has 2 heterocycles. The van der Waals surface area contributed by atoms with Gasteiger partial charge in [-0.15, -0.1) is 10.2 Å². The normalized spacial score (nSPS) is 12.3. The van der Waals surface area contributed by atoms with Gasteiger partial charge in [0.2, 0.25) is 0 Å². The molecular weight excluding hydrogens is 298 g/mol. The fraction of sp³-hybridized carbons (Fsp3) is 0.188. The number of hydrogen-bond acceptors (Lipinski definition) is 5. The zero-order valence-electron chi connectivity index (χ0n) is 12.3. The van der Waals surface area contributed by atoms with Crippen molar-refractivity contribution >= 4 is 23.2 Å². The summed E-state index contributed by atoms with van der Waals surface area (Å²) in [5, 5.41) is 8.70. The number of Topliss-reactive ketones (excluding diaryl/α,β-unsaturated/α-hetero) is 1.